The Morgan fingerprint density at radius 1 is 1.33 bits per heavy atom. The minimum absolute atomic E-state index is 0.940. The summed E-state index contributed by atoms with van der Waals surface area (Å²) in [7, 11) is 3.97. The fourth-order valence-electron chi connectivity index (χ4n) is 1.28. The first kappa shape index (κ1) is 12.5. The molecule has 0 aliphatic carbocycles. The summed E-state index contributed by atoms with van der Waals surface area (Å²) in [6.45, 7) is 4.27. The van der Waals surface area contributed by atoms with Gasteiger partial charge < -0.3 is 4.90 Å². The quantitative estimate of drug-likeness (QED) is 0.728. The Morgan fingerprint density at radius 3 is 2.53 bits per heavy atom. The third-order valence-corrected chi connectivity index (χ3v) is 4.00. The van der Waals surface area contributed by atoms with Crippen molar-refractivity contribution in [2.75, 3.05) is 14.1 Å². The van der Waals surface area contributed by atoms with Crippen molar-refractivity contribution < 1.29 is 0 Å². The van der Waals surface area contributed by atoms with Crippen molar-refractivity contribution in [2.45, 2.75) is 19.6 Å². The summed E-state index contributed by atoms with van der Waals surface area (Å²) in [5.41, 5.74) is 4.04. The van der Waals surface area contributed by atoms with Gasteiger partial charge in [-0.2, -0.15) is 0 Å². The third kappa shape index (κ3) is 3.84. The first-order chi connectivity index (χ1) is 7.00. The van der Waals surface area contributed by atoms with Crippen LogP contribution in [0.3, 0.4) is 0 Å². The molecule has 0 aliphatic heterocycles. The molecule has 1 aromatic rings. The van der Waals surface area contributed by atoms with Crippen LogP contribution in [0.15, 0.2) is 18.2 Å². The van der Waals surface area contributed by atoms with Crippen LogP contribution in [0.5, 0.6) is 0 Å². The molecule has 1 rings (SSSR count). The molecule has 0 amide bonds. The molecular weight excluding hydrogens is 222 g/mol. The van der Waals surface area contributed by atoms with E-state index in [9.17, 15) is 0 Å². The van der Waals surface area contributed by atoms with Crippen LogP contribution < -0.4 is 0 Å². The van der Waals surface area contributed by atoms with Gasteiger partial charge in [-0.05, 0) is 25.0 Å². The lowest BCUT2D eigenvalue weighted by Gasteiger charge is -2.13. The highest BCUT2D eigenvalue weighted by molar-refractivity contribution is 8.22. The summed E-state index contributed by atoms with van der Waals surface area (Å²) in [4.78, 5) is 1.98. The van der Waals surface area contributed by atoms with Crippen molar-refractivity contribution in [3.63, 3.8) is 0 Å². The van der Waals surface area contributed by atoms with Gasteiger partial charge in [0.2, 0.25) is 0 Å². The predicted molar refractivity (Wildman–Crippen MR) is 73.5 cm³/mol. The second kappa shape index (κ2) is 5.52. The number of rotatable bonds is 2. The monoisotopic (exact) mass is 239 g/mol. The Hall–Kier alpha value is -0.540. The standard InChI is InChI=1S/C12H17NS2/c1-9-5-6-11(10(2)7-9)8-15-12(14)13(3)4/h5-7H,8H2,1-4H3. The molecule has 0 atom stereocenters. The minimum Gasteiger partial charge on any atom is -0.364 e. The Balaban J connectivity index is 2.62. The summed E-state index contributed by atoms with van der Waals surface area (Å²) in [6.07, 6.45) is 0. The number of nitrogens with zero attached hydrogens (tertiary/aromatic N) is 1. The molecule has 0 aromatic heterocycles. The lowest BCUT2D eigenvalue weighted by atomic mass is 10.1. The van der Waals surface area contributed by atoms with Gasteiger partial charge in [0.15, 0.2) is 0 Å². The predicted octanol–water partition coefficient (Wildman–Crippen LogP) is 3.38. The summed E-state index contributed by atoms with van der Waals surface area (Å²) in [5.74, 6) is 0.961. The fraction of sp³-hybridized carbons (Fsp3) is 0.417. The van der Waals surface area contributed by atoms with Crippen molar-refractivity contribution in [1.29, 1.82) is 0 Å². The van der Waals surface area contributed by atoms with E-state index >= 15 is 0 Å². The molecule has 0 radical (unpaired) electrons. The molecule has 0 saturated heterocycles. The largest absolute Gasteiger partial charge is 0.364 e. The number of thiocarbonyl (C=S) groups is 1. The molecule has 1 aromatic carbocycles. The topological polar surface area (TPSA) is 3.24 Å². The first-order valence-corrected chi connectivity index (χ1v) is 6.30. The molecule has 1 nitrogen and oxygen atoms in total. The summed E-state index contributed by atoms with van der Waals surface area (Å²) < 4.78 is 0.940. The minimum atomic E-state index is 0.940. The van der Waals surface area contributed by atoms with Crippen molar-refractivity contribution >= 4 is 28.3 Å². The average Bonchev–Trinajstić information content (AvgIpc) is 2.15. The van der Waals surface area contributed by atoms with Gasteiger partial charge in [0.05, 0.1) is 0 Å². The number of aryl methyl sites for hydroxylation is 2. The zero-order chi connectivity index (χ0) is 11.4. The lowest BCUT2D eigenvalue weighted by molar-refractivity contribution is 0.648. The Labute approximate surface area is 102 Å². The summed E-state index contributed by atoms with van der Waals surface area (Å²) >= 11 is 6.95. The molecule has 0 spiro atoms. The zero-order valence-corrected chi connectivity index (χ0v) is 11.3. The molecule has 0 N–H and O–H groups in total. The zero-order valence-electron chi connectivity index (χ0n) is 9.70. The van der Waals surface area contributed by atoms with E-state index in [-0.39, 0.29) is 0 Å². The Kier molecular flexibility index (Phi) is 4.61. The smallest absolute Gasteiger partial charge is 0.136 e. The Morgan fingerprint density at radius 2 is 2.00 bits per heavy atom. The van der Waals surface area contributed by atoms with Crippen molar-refractivity contribution in [3.05, 3.63) is 34.9 Å². The summed E-state index contributed by atoms with van der Waals surface area (Å²) in [6, 6.07) is 6.56. The lowest BCUT2D eigenvalue weighted by Crippen LogP contribution is -2.16. The maximum atomic E-state index is 5.24. The van der Waals surface area contributed by atoms with Gasteiger partial charge >= 0.3 is 0 Å². The second-order valence-corrected chi connectivity index (χ2v) is 5.49. The maximum Gasteiger partial charge on any atom is 0.136 e. The van der Waals surface area contributed by atoms with Crippen LogP contribution in [-0.4, -0.2) is 23.3 Å². The second-order valence-electron chi connectivity index (χ2n) is 3.88. The van der Waals surface area contributed by atoms with Gasteiger partial charge in [0.25, 0.3) is 0 Å². The first-order valence-electron chi connectivity index (χ1n) is 4.91. The highest BCUT2D eigenvalue weighted by Gasteiger charge is 2.03. The third-order valence-electron chi connectivity index (χ3n) is 2.21. The number of benzene rings is 1. The van der Waals surface area contributed by atoms with Gasteiger partial charge in [0, 0.05) is 19.8 Å². The van der Waals surface area contributed by atoms with Crippen LogP contribution >= 0.6 is 24.0 Å². The Bertz CT molecular complexity index is 359. The molecule has 3 heteroatoms. The van der Waals surface area contributed by atoms with Gasteiger partial charge in [-0.15, -0.1) is 0 Å². The van der Waals surface area contributed by atoms with Gasteiger partial charge in [-0.25, -0.2) is 0 Å². The van der Waals surface area contributed by atoms with Crippen LogP contribution in [0.2, 0.25) is 0 Å². The number of hydrogen-bond donors (Lipinski definition) is 0. The molecule has 0 aliphatic rings. The van der Waals surface area contributed by atoms with E-state index < -0.39 is 0 Å². The van der Waals surface area contributed by atoms with Crippen LogP contribution in [-0.2, 0) is 5.75 Å². The summed E-state index contributed by atoms with van der Waals surface area (Å²) in [5, 5.41) is 0. The molecule has 0 fully saturated rings. The van der Waals surface area contributed by atoms with E-state index in [0.717, 1.165) is 10.1 Å². The van der Waals surface area contributed by atoms with Crippen molar-refractivity contribution in [2.24, 2.45) is 0 Å². The number of hydrogen-bond acceptors (Lipinski definition) is 2. The van der Waals surface area contributed by atoms with Crippen molar-refractivity contribution in [1.82, 2.24) is 4.90 Å². The van der Waals surface area contributed by atoms with Gasteiger partial charge in [-0.3, -0.25) is 0 Å². The maximum absolute atomic E-state index is 5.24. The highest BCUT2D eigenvalue weighted by atomic mass is 32.2. The van der Waals surface area contributed by atoms with E-state index in [0.29, 0.717) is 0 Å². The normalized spacial score (nSPS) is 10.1. The molecule has 0 saturated carbocycles. The SMILES string of the molecule is Cc1ccc(CSC(=S)N(C)C)c(C)c1. The highest BCUT2D eigenvalue weighted by Crippen LogP contribution is 2.19. The van der Waals surface area contributed by atoms with Crippen LogP contribution in [0.1, 0.15) is 16.7 Å². The van der Waals surface area contributed by atoms with Crippen LogP contribution in [0, 0.1) is 13.8 Å². The van der Waals surface area contributed by atoms with Crippen LogP contribution in [0.4, 0.5) is 0 Å². The van der Waals surface area contributed by atoms with E-state index in [2.05, 4.69) is 32.0 Å². The molecule has 15 heavy (non-hydrogen) atoms. The molecule has 0 unspecified atom stereocenters. The van der Waals surface area contributed by atoms with Gasteiger partial charge in [-0.1, -0.05) is 47.7 Å². The van der Waals surface area contributed by atoms with Crippen molar-refractivity contribution in [3.8, 4) is 0 Å². The molecule has 0 bridgehead atoms. The number of thioether (sulfide) groups is 1. The fourth-order valence-corrected chi connectivity index (χ4v) is 2.31. The average molecular weight is 239 g/mol. The van der Waals surface area contributed by atoms with E-state index in [1.54, 1.807) is 11.8 Å². The van der Waals surface area contributed by atoms with Gasteiger partial charge in [0.1, 0.15) is 4.32 Å². The van der Waals surface area contributed by atoms with E-state index in [1.165, 1.54) is 16.7 Å². The van der Waals surface area contributed by atoms with E-state index in [4.69, 9.17) is 12.2 Å². The molecular formula is C12H17NS2. The molecule has 82 valence electrons. The molecule has 0 heterocycles. The van der Waals surface area contributed by atoms with Crippen LogP contribution in [0.25, 0.3) is 0 Å². The van der Waals surface area contributed by atoms with E-state index in [1.807, 2.05) is 19.0 Å².